The topological polar surface area (TPSA) is 51.9 Å². The lowest BCUT2D eigenvalue weighted by atomic mass is 9.97. The molecule has 0 N–H and O–H groups in total. The van der Waals surface area contributed by atoms with E-state index in [1.54, 1.807) is 7.11 Å². The molecule has 0 radical (unpaired) electrons. The van der Waals surface area contributed by atoms with Crippen LogP contribution in [0.4, 0.5) is 5.69 Å². The normalized spacial score (nSPS) is 16.4. The number of benzene rings is 3. The average Bonchev–Trinajstić information content (AvgIpc) is 3.25. The number of hydrazone groups is 1. The van der Waals surface area contributed by atoms with Crippen molar-refractivity contribution < 1.29 is 4.74 Å². The van der Waals surface area contributed by atoms with Crippen LogP contribution >= 0.6 is 0 Å². The van der Waals surface area contributed by atoms with E-state index in [0.29, 0.717) is 0 Å². The second-order valence-corrected chi connectivity index (χ2v) is 7.80. The molecule has 0 saturated heterocycles. The largest absolute Gasteiger partial charge is 0.497 e. The zero-order valence-corrected chi connectivity index (χ0v) is 18.1. The Morgan fingerprint density at radius 2 is 1.68 bits per heavy atom. The zero-order valence-electron chi connectivity index (χ0n) is 18.1. The van der Waals surface area contributed by atoms with Gasteiger partial charge in [0.05, 0.1) is 24.9 Å². The summed E-state index contributed by atoms with van der Waals surface area (Å²) in [5.41, 5.74) is 5.21. The van der Waals surface area contributed by atoms with Crippen molar-refractivity contribution in [1.82, 2.24) is 5.01 Å². The second kappa shape index (κ2) is 8.93. The van der Waals surface area contributed by atoms with E-state index in [1.807, 2.05) is 90.7 Å². The van der Waals surface area contributed by atoms with Gasteiger partial charge in [-0.15, -0.1) is 0 Å². The van der Waals surface area contributed by atoms with E-state index in [0.717, 1.165) is 40.3 Å². The summed E-state index contributed by atoms with van der Waals surface area (Å²) in [7, 11) is 5.68. The second-order valence-electron chi connectivity index (χ2n) is 7.80. The van der Waals surface area contributed by atoms with Gasteiger partial charge in [0.15, 0.2) is 6.04 Å². The molecule has 5 heteroatoms. The first kappa shape index (κ1) is 20.5. The number of nitriles is 1. The first-order valence-electron chi connectivity index (χ1n) is 10.3. The maximum atomic E-state index is 10.1. The Balaban J connectivity index is 1.72. The number of hydrogen-bond acceptors (Lipinski definition) is 5. The summed E-state index contributed by atoms with van der Waals surface area (Å²) in [6.07, 6.45) is 0.740. The fourth-order valence-corrected chi connectivity index (χ4v) is 3.91. The van der Waals surface area contributed by atoms with Gasteiger partial charge < -0.3 is 9.64 Å². The summed E-state index contributed by atoms with van der Waals surface area (Å²) in [4.78, 5) is 2.05. The summed E-state index contributed by atoms with van der Waals surface area (Å²) in [5, 5.41) is 17.0. The molecule has 5 nitrogen and oxygen atoms in total. The van der Waals surface area contributed by atoms with Crippen molar-refractivity contribution in [2.24, 2.45) is 5.10 Å². The number of anilines is 1. The number of rotatable bonds is 6. The van der Waals surface area contributed by atoms with Gasteiger partial charge in [0, 0.05) is 26.2 Å². The van der Waals surface area contributed by atoms with Crippen molar-refractivity contribution in [2.75, 3.05) is 26.1 Å². The third-order valence-corrected chi connectivity index (χ3v) is 5.66. The number of hydrogen-bond donors (Lipinski definition) is 0. The van der Waals surface area contributed by atoms with Gasteiger partial charge in [-0.3, -0.25) is 5.01 Å². The summed E-state index contributed by atoms with van der Waals surface area (Å²) in [6.45, 7) is 0. The highest BCUT2D eigenvalue weighted by atomic mass is 16.5. The van der Waals surface area contributed by atoms with Gasteiger partial charge in [-0.1, -0.05) is 42.5 Å². The predicted octanol–water partition coefficient (Wildman–Crippen LogP) is 5.18. The van der Waals surface area contributed by atoms with Gasteiger partial charge in [0.2, 0.25) is 0 Å². The molecule has 0 saturated carbocycles. The molecule has 0 aliphatic carbocycles. The Labute approximate surface area is 183 Å². The standard InChI is InChI=1S/C26H26N4O/c1-29(2)22-13-9-21(10-14-22)26(18-27)30-25(20-7-5-4-6-8-20)17-24(28-30)19-11-15-23(31-3)16-12-19/h4-16,25-26H,17H2,1-3H3/t25-,26-/m0/s1. The van der Waals surface area contributed by atoms with Crippen LogP contribution < -0.4 is 9.64 Å². The molecule has 0 aromatic heterocycles. The van der Waals surface area contributed by atoms with Crippen molar-refractivity contribution >= 4 is 11.4 Å². The van der Waals surface area contributed by atoms with Crippen molar-refractivity contribution in [3.05, 3.63) is 95.6 Å². The molecule has 1 aliphatic rings. The van der Waals surface area contributed by atoms with Crippen LogP contribution in [0.25, 0.3) is 0 Å². The van der Waals surface area contributed by atoms with Crippen LogP contribution in [0.1, 0.15) is 35.2 Å². The van der Waals surface area contributed by atoms with E-state index in [4.69, 9.17) is 9.84 Å². The van der Waals surface area contributed by atoms with Crippen molar-refractivity contribution in [1.29, 1.82) is 5.26 Å². The molecule has 156 valence electrons. The average molecular weight is 411 g/mol. The van der Waals surface area contributed by atoms with Gasteiger partial charge in [0.1, 0.15) is 5.75 Å². The Morgan fingerprint density at radius 3 is 2.26 bits per heavy atom. The summed E-state index contributed by atoms with van der Waals surface area (Å²) >= 11 is 0. The molecule has 0 spiro atoms. The van der Waals surface area contributed by atoms with E-state index in [2.05, 4.69) is 18.2 Å². The SMILES string of the molecule is COc1ccc(C2=NN([C@@H](C#N)c3ccc(N(C)C)cc3)[C@H](c3ccccc3)C2)cc1. The monoisotopic (exact) mass is 410 g/mol. The molecule has 0 amide bonds. The first-order chi connectivity index (χ1) is 15.1. The van der Waals surface area contributed by atoms with Crippen LogP contribution in [0.2, 0.25) is 0 Å². The molecule has 0 unspecified atom stereocenters. The molecular formula is C26H26N4O. The Bertz CT molecular complexity index is 1080. The van der Waals surface area contributed by atoms with Crippen LogP contribution in [0, 0.1) is 11.3 Å². The molecule has 2 atom stereocenters. The van der Waals surface area contributed by atoms with Gasteiger partial charge in [-0.2, -0.15) is 10.4 Å². The van der Waals surface area contributed by atoms with Crippen molar-refractivity contribution in [3.8, 4) is 11.8 Å². The molecule has 3 aromatic carbocycles. The first-order valence-corrected chi connectivity index (χ1v) is 10.3. The van der Waals surface area contributed by atoms with Gasteiger partial charge in [0.25, 0.3) is 0 Å². The molecule has 1 heterocycles. The molecule has 0 fully saturated rings. The maximum absolute atomic E-state index is 10.1. The Hall–Kier alpha value is -3.78. The quantitative estimate of drug-likeness (QED) is 0.562. The number of ether oxygens (including phenoxy) is 1. The number of nitrogens with zero attached hydrogens (tertiary/aromatic N) is 4. The maximum Gasteiger partial charge on any atom is 0.159 e. The highest BCUT2D eigenvalue weighted by Crippen LogP contribution is 2.39. The summed E-state index contributed by atoms with van der Waals surface area (Å²) in [5.74, 6) is 0.815. The van der Waals surface area contributed by atoms with E-state index < -0.39 is 6.04 Å². The third kappa shape index (κ3) is 4.24. The lowest BCUT2D eigenvalue weighted by Gasteiger charge is -2.28. The summed E-state index contributed by atoms with van der Waals surface area (Å²) in [6, 6.07) is 28.4. The van der Waals surface area contributed by atoms with Crippen LogP contribution in [0.5, 0.6) is 5.75 Å². The van der Waals surface area contributed by atoms with Crippen LogP contribution in [0.3, 0.4) is 0 Å². The minimum Gasteiger partial charge on any atom is -0.497 e. The number of methoxy groups -OCH3 is 1. The predicted molar refractivity (Wildman–Crippen MR) is 124 cm³/mol. The Morgan fingerprint density at radius 1 is 1.00 bits per heavy atom. The molecule has 1 aliphatic heterocycles. The van der Waals surface area contributed by atoms with Crippen LogP contribution in [-0.4, -0.2) is 31.9 Å². The highest BCUT2D eigenvalue weighted by molar-refractivity contribution is 6.02. The molecule has 0 bridgehead atoms. The molecule has 31 heavy (non-hydrogen) atoms. The smallest absolute Gasteiger partial charge is 0.159 e. The van der Waals surface area contributed by atoms with E-state index in [1.165, 1.54) is 0 Å². The fourth-order valence-electron chi connectivity index (χ4n) is 3.91. The van der Waals surface area contributed by atoms with Crippen LogP contribution in [0.15, 0.2) is 84.0 Å². The highest BCUT2D eigenvalue weighted by Gasteiger charge is 2.34. The van der Waals surface area contributed by atoms with E-state index >= 15 is 0 Å². The fraction of sp³-hybridized carbons (Fsp3) is 0.231. The van der Waals surface area contributed by atoms with Crippen molar-refractivity contribution in [3.63, 3.8) is 0 Å². The molecule has 4 rings (SSSR count). The van der Waals surface area contributed by atoms with E-state index in [9.17, 15) is 5.26 Å². The molecular weight excluding hydrogens is 384 g/mol. The minimum absolute atomic E-state index is 0.00326. The molecule has 3 aromatic rings. The van der Waals surface area contributed by atoms with E-state index in [-0.39, 0.29) is 6.04 Å². The minimum atomic E-state index is -0.475. The van der Waals surface area contributed by atoms with Crippen LogP contribution in [-0.2, 0) is 0 Å². The summed E-state index contributed by atoms with van der Waals surface area (Å²) < 4.78 is 5.29. The van der Waals surface area contributed by atoms with Gasteiger partial charge in [-0.25, -0.2) is 0 Å². The van der Waals surface area contributed by atoms with Crippen molar-refractivity contribution in [2.45, 2.75) is 18.5 Å². The third-order valence-electron chi connectivity index (χ3n) is 5.66. The zero-order chi connectivity index (χ0) is 21.8. The van der Waals surface area contributed by atoms with Gasteiger partial charge in [-0.05, 0) is 53.1 Å². The lowest BCUT2D eigenvalue weighted by molar-refractivity contribution is 0.196. The Kier molecular flexibility index (Phi) is 5.90. The van der Waals surface area contributed by atoms with Gasteiger partial charge >= 0.3 is 0 Å². The lowest BCUT2D eigenvalue weighted by Crippen LogP contribution is -2.24.